The number of ether oxygens (including phenoxy) is 1. The van der Waals surface area contributed by atoms with Crippen LogP contribution in [0.2, 0.25) is 0 Å². The van der Waals surface area contributed by atoms with Gasteiger partial charge in [-0.25, -0.2) is 5.43 Å². The standard InChI is InChI=1S/C14H15N3O2/c1-17-9-5-6-12(17)10-15-16-14(18)11-19-13-7-3-2-4-8-13/h2-10H,11H2,1H3,(H,16,18)/b15-10+. The Balaban J connectivity index is 1.76. The molecule has 0 aliphatic rings. The second-order valence-electron chi connectivity index (χ2n) is 3.94. The van der Waals surface area contributed by atoms with Gasteiger partial charge in [-0.2, -0.15) is 5.10 Å². The molecule has 1 heterocycles. The number of aromatic nitrogens is 1. The largest absolute Gasteiger partial charge is 0.484 e. The second-order valence-corrected chi connectivity index (χ2v) is 3.94. The average molecular weight is 257 g/mol. The number of hydrogen-bond donors (Lipinski definition) is 1. The third-order valence-corrected chi connectivity index (χ3v) is 2.48. The maximum absolute atomic E-state index is 11.5. The van der Waals surface area contributed by atoms with Crippen molar-refractivity contribution in [2.45, 2.75) is 0 Å². The zero-order chi connectivity index (χ0) is 13.5. The topological polar surface area (TPSA) is 55.6 Å². The molecule has 2 aromatic rings. The number of hydrazone groups is 1. The van der Waals surface area contributed by atoms with Crippen molar-refractivity contribution >= 4 is 12.1 Å². The predicted octanol–water partition coefficient (Wildman–Crippen LogP) is 1.55. The van der Waals surface area contributed by atoms with Crippen LogP contribution in [-0.4, -0.2) is 23.3 Å². The SMILES string of the molecule is Cn1cccc1/C=N/NC(=O)COc1ccccc1. The van der Waals surface area contributed by atoms with Crippen molar-refractivity contribution in [3.63, 3.8) is 0 Å². The Morgan fingerprint density at radius 2 is 2.11 bits per heavy atom. The molecule has 1 amide bonds. The molecule has 0 fully saturated rings. The summed E-state index contributed by atoms with van der Waals surface area (Å²) in [6.45, 7) is -0.0610. The fourth-order valence-electron chi connectivity index (χ4n) is 1.48. The van der Waals surface area contributed by atoms with Gasteiger partial charge in [0.2, 0.25) is 0 Å². The van der Waals surface area contributed by atoms with Crippen molar-refractivity contribution in [1.82, 2.24) is 9.99 Å². The van der Waals surface area contributed by atoms with Gasteiger partial charge in [-0.3, -0.25) is 4.79 Å². The van der Waals surface area contributed by atoms with Crippen molar-refractivity contribution in [3.8, 4) is 5.75 Å². The Bertz CT molecular complexity index is 561. The first kappa shape index (κ1) is 12.9. The molecule has 0 aliphatic carbocycles. The minimum absolute atomic E-state index is 0.0610. The molecular weight excluding hydrogens is 242 g/mol. The van der Waals surface area contributed by atoms with Crippen LogP contribution in [0.15, 0.2) is 53.8 Å². The van der Waals surface area contributed by atoms with E-state index >= 15 is 0 Å². The molecule has 1 N–H and O–H groups in total. The fraction of sp³-hybridized carbons (Fsp3) is 0.143. The van der Waals surface area contributed by atoms with Crippen LogP contribution in [0.25, 0.3) is 0 Å². The lowest BCUT2D eigenvalue weighted by Gasteiger charge is -2.04. The van der Waals surface area contributed by atoms with Crippen LogP contribution in [0.1, 0.15) is 5.69 Å². The van der Waals surface area contributed by atoms with E-state index in [-0.39, 0.29) is 12.5 Å². The van der Waals surface area contributed by atoms with Crippen molar-refractivity contribution in [2.24, 2.45) is 12.1 Å². The van der Waals surface area contributed by atoms with Crippen LogP contribution in [-0.2, 0) is 11.8 Å². The smallest absolute Gasteiger partial charge is 0.277 e. The van der Waals surface area contributed by atoms with E-state index in [4.69, 9.17) is 4.74 Å². The summed E-state index contributed by atoms with van der Waals surface area (Å²) in [5, 5.41) is 3.86. The molecule has 5 nitrogen and oxygen atoms in total. The van der Waals surface area contributed by atoms with Crippen LogP contribution in [0, 0.1) is 0 Å². The lowest BCUT2D eigenvalue weighted by Crippen LogP contribution is -2.24. The molecule has 2 rings (SSSR count). The number of nitrogens with one attached hydrogen (secondary N) is 1. The van der Waals surface area contributed by atoms with E-state index in [2.05, 4.69) is 10.5 Å². The third kappa shape index (κ3) is 3.99. The van der Waals surface area contributed by atoms with Gasteiger partial charge < -0.3 is 9.30 Å². The van der Waals surface area contributed by atoms with E-state index in [9.17, 15) is 4.79 Å². The zero-order valence-electron chi connectivity index (χ0n) is 10.6. The molecule has 0 aliphatic heterocycles. The van der Waals surface area contributed by atoms with E-state index in [0.717, 1.165) is 5.69 Å². The molecule has 0 radical (unpaired) electrons. The highest BCUT2D eigenvalue weighted by atomic mass is 16.5. The van der Waals surface area contributed by atoms with Crippen LogP contribution in [0.3, 0.4) is 0 Å². The van der Waals surface area contributed by atoms with Gasteiger partial charge in [-0.1, -0.05) is 18.2 Å². The molecule has 5 heteroatoms. The van der Waals surface area contributed by atoms with Crippen LogP contribution >= 0.6 is 0 Å². The van der Waals surface area contributed by atoms with Crippen molar-refractivity contribution in [1.29, 1.82) is 0 Å². The minimum atomic E-state index is -0.297. The van der Waals surface area contributed by atoms with E-state index in [1.807, 2.05) is 48.1 Å². The van der Waals surface area contributed by atoms with Gasteiger partial charge in [0, 0.05) is 13.2 Å². The Morgan fingerprint density at radius 3 is 2.79 bits per heavy atom. The summed E-state index contributed by atoms with van der Waals surface area (Å²) < 4.78 is 7.19. The highest BCUT2D eigenvalue weighted by molar-refractivity contribution is 5.81. The van der Waals surface area contributed by atoms with Crippen LogP contribution in [0.5, 0.6) is 5.75 Å². The number of carbonyl (C=O) groups is 1. The summed E-state index contributed by atoms with van der Waals surface area (Å²) in [6.07, 6.45) is 3.49. The molecule has 98 valence electrons. The van der Waals surface area contributed by atoms with Crippen molar-refractivity contribution in [2.75, 3.05) is 6.61 Å². The number of aryl methyl sites for hydroxylation is 1. The molecule has 0 atom stereocenters. The van der Waals surface area contributed by atoms with Gasteiger partial charge >= 0.3 is 0 Å². The third-order valence-electron chi connectivity index (χ3n) is 2.48. The number of benzene rings is 1. The van der Waals surface area contributed by atoms with Gasteiger partial charge in [-0.15, -0.1) is 0 Å². The average Bonchev–Trinajstić information content (AvgIpc) is 2.83. The number of hydrogen-bond acceptors (Lipinski definition) is 3. The van der Waals surface area contributed by atoms with Gasteiger partial charge in [0.15, 0.2) is 6.61 Å². The molecule has 0 saturated heterocycles. The Kier molecular flexibility index (Phi) is 4.34. The Labute approximate surface area is 111 Å². The van der Waals surface area contributed by atoms with Crippen molar-refractivity contribution < 1.29 is 9.53 Å². The van der Waals surface area contributed by atoms with E-state index in [0.29, 0.717) is 5.75 Å². The monoisotopic (exact) mass is 257 g/mol. The maximum atomic E-state index is 11.5. The fourth-order valence-corrected chi connectivity index (χ4v) is 1.48. The van der Waals surface area contributed by atoms with Crippen molar-refractivity contribution in [3.05, 3.63) is 54.4 Å². The minimum Gasteiger partial charge on any atom is -0.484 e. The van der Waals surface area contributed by atoms with E-state index in [1.54, 1.807) is 18.3 Å². The number of amides is 1. The van der Waals surface area contributed by atoms with Gasteiger partial charge in [0.1, 0.15) is 5.75 Å². The Morgan fingerprint density at radius 1 is 1.32 bits per heavy atom. The summed E-state index contributed by atoms with van der Waals surface area (Å²) in [5.41, 5.74) is 3.32. The number of nitrogens with zero attached hydrogens (tertiary/aromatic N) is 2. The first-order valence-electron chi connectivity index (χ1n) is 5.87. The van der Waals surface area contributed by atoms with Crippen LogP contribution in [0.4, 0.5) is 0 Å². The molecule has 0 unspecified atom stereocenters. The first-order valence-corrected chi connectivity index (χ1v) is 5.87. The summed E-state index contributed by atoms with van der Waals surface area (Å²) >= 11 is 0. The summed E-state index contributed by atoms with van der Waals surface area (Å²) in [6, 6.07) is 13.0. The molecule has 19 heavy (non-hydrogen) atoms. The molecular formula is C14H15N3O2. The quantitative estimate of drug-likeness (QED) is 0.652. The lowest BCUT2D eigenvalue weighted by molar-refractivity contribution is -0.123. The molecule has 0 bridgehead atoms. The van der Waals surface area contributed by atoms with Gasteiger partial charge in [0.25, 0.3) is 5.91 Å². The van der Waals surface area contributed by atoms with E-state index < -0.39 is 0 Å². The highest BCUT2D eigenvalue weighted by Gasteiger charge is 2.00. The molecule has 1 aromatic carbocycles. The first-order chi connectivity index (χ1) is 9.25. The normalized spacial score (nSPS) is 10.6. The lowest BCUT2D eigenvalue weighted by atomic mass is 10.3. The summed E-state index contributed by atoms with van der Waals surface area (Å²) in [7, 11) is 1.90. The number of rotatable bonds is 5. The summed E-state index contributed by atoms with van der Waals surface area (Å²) in [4.78, 5) is 11.5. The van der Waals surface area contributed by atoms with Crippen LogP contribution < -0.4 is 10.2 Å². The predicted molar refractivity (Wildman–Crippen MR) is 73.1 cm³/mol. The van der Waals surface area contributed by atoms with Gasteiger partial charge in [0.05, 0.1) is 11.9 Å². The highest BCUT2D eigenvalue weighted by Crippen LogP contribution is 2.07. The second kappa shape index (κ2) is 6.39. The Hall–Kier alpha value is -2.56. The zero-order valence-corrected chi connectivity index (χ0v) is 10.6. The molecule has 0 spiro atoms. The number of carbonyl (C=O) groups excluding carboxylic acids is 1. The molecule has 0 saturated carbocycles. The summed E-state index contributed by atoms with van der Waals surface area (Å²) in [5.74, 6) is 0.360. The van der Waals surface area contributed by atoms with E-state index in [1.165, 1.54) is 0 Å². The number of para-hydroxylation sites is 1. The molecule has 1 aromatic heterocycles. The van der Waals surface area contributed by atoms with Gasteiger partial charge in [-0.05, 0) is 24.3 Å². The maximum Gasteiger partial charge on any atom is 0.277 e.